The Balaban J connectivity index is 2.59. The minimum Gasteiger partial charge on any atom is -0.198 e. The van der Waals surface area contributed by atoms with Crippen molar-refractivity contribution in [2.45, 2.75) is 39.2 Å². The van der Waals surface area contributed by atoms with Gasteiger partial charge < -0.3 is 0 Å². The van der Waals surface area contributed by atoms with Crippen molar-refractivity contribution in [2.75, 3.05) is 13.1 Å². The lowest BCUT2D eigenvalue weighted by Crippen LogP contribution is -2.48. The molecule has 1 heterocycles. The highest BCUT2D eigenvalue weighted by Crippen LogP contribution is 2.17. The van der Waals surface area contributed by atoms with E-state index >= 15 is 0 Å². The summed E-state index contributed by atoms with van der Waals surface area (Å²) in [5.74, 6) is 2.89. The Labute approximate surface area is 98.6 Å². The van der Waals surface area contributed by atoms with Gasteiger partial charge in [-0.25, -0.2) is 0 Å². The molecule has 1 rings (SSSR count). The van der Waals surface area contributed by atoms with E-state index < -0.39 is 10.2 Å². The quantitative estimate of drug-likeness (QED) is 0.749. The molecule has 0 aromatic rings. The highest BCUT2D eigenvalue weighted by molar-refractivity contribution is 7.87. The number of hydrogen-bond donors (Lipinski definition) is 1. The topological polar surface area (TPSA) is 49.4 Å². The van der Waals surface area contributed by atoms with Crippen LogP contribution in [0.5, 0.6) is 0 Å². The van der Waals surface area contributed by atoms with Gasteiger partial charge in [0.15, 0.2) is 0 Å². The van der Waals surface area contributed by atoms with Crippen molar-refractivity contribution in [3.63, 3.8) is 0 Å². The molecule has 0 aromatic heterocycles. The Morgan fingerprint density at radius 3 is 2.88 bits per heavy atom. The van der Waals surface area contributed by atoms with Gasteiger partial charge in [0, 0.05) is 25.6 Å². The Bertz CT molecular complexity index is 359. The smallest absolute Gasteiger partial charge is 0.198 e. The van der Waals surface area contributed by atoms with Crippen molar-refractivity contribution < 1.29 is 8.42 Å². The van der Waals surface area contributed by atoms with Crippen LogP contribution in [0.25, 0.3) is 0 Å². The molecular formula is C11H20N2O2S. The van der Waals surface area contributed by atoms with Gasteiger partial charge in [-0.15, -0.1) is 12.3 Å². The summed E-state index contributed by atoms with van der Waals surface area (Å²) in [6.45, 7) is 5.08. The summed E-state index contributed by atoms with van der Waals surface area (Å²) in [5.41, 5.74) is 0. The van der Waals surface area contributed by atoms with Gasteiger partial charge in [-0.1, -0.05) is 6.92 Å². The van der Waals surface area contributed by atoms with E-state index in [9.17, 15) is 8.42 Å². The van der Waals surface area contributed by atoms with Crippen molar-refractivity contribution >= 4 is 10.2 Å². The maximum Gasteiger partial charge on any atom is 0.279 e. The Morgan fingerprint density at radius 2 is 2.31 bits per heavy atom. The number of terminal acetylenes is 1. The van der Waals surface area contributed by atoms with Crippen molar-refractivity contribution in [1.82, 2.24) is 9.03 Å². The van der Waals surface area contributed by atoms with Crippen LogP contribution in [-0.4, -0.2) is 31.9 Å². The molecule has 1 fully saturated rings. The van der Waals surface area contributed by atoms with Crippen LogP contribution in [-0.2, 0) is 10.2 Å². The third-order valence-electron chi connectivity index (χ3n) is 2.73. The van der Waals surface area contributed by atoms with Crippen molar-refractivity contribution in [3.05, 3.63) is 0 Å². The normalized spacial score (nSPS) is 24.9. The lowest BCUT2D eigenvalue weighted by atomic mass is 10.0. The molecule has 0 aliphatic carbocycles. The van der Waals surface area contributed by atoms with Crippen LogP contribution < -0.4 is 4.72 Å². The zero-order valence-electron chi connectivity index (χ0n) is 9.94. The van der Waals surface area contributed by atoms with E-state index in [-0.39, 0.29) is 6.04 Å². The first-order valence-electron chi connectivity index (χ1n) is 5.66. The summed E-state index contributed by atoms with van der Waals surface area (Å²) in [4.78, 5) is 0. The SMILES string of the molecule is C#CCC(C)NS(=O)(=O)N1CCCC(C)C1. The molecule has 16 heavy (non-hydrogen) atoms. The van der Waals surface area contributed by atoms with Gasteiger partial charge in [0.05, 0.1) is 0 Å². The van der Waals surface area contributed by atoms with E-state index in [2.05, 4.69) is 17.6 Å². The maximum absolute atomic E-state index is 12.0. The zero-order valence-corrected chi connectivity index (χ0v) is 10.8. The summed E-state index contributed by atoms with van der Waals surface area (Å²) >= 11 is 0. The average Bonchev–Trinajstić information content (AvgIpc) is 2.17. The summed E-state index contributed by atoms with van der Waals surface area (Å²) in [6.07, 6.45) is 7.61. The first-order chi connectivity index (χ1) is 7.45. The molecule has 0 saturated carbocycles. The molecule has 2 atom stereocenters. The van der Waals surface area contributed by atoms with Gasteiger partial charge in [-0.2, -0.15) is 17.4 Å². The van der Waals surface area contributed by atoms with Gasteiger partial charge >= 0.3 is 0 Å². The van der Waals surface area contributed by atoms with E-state index in [0.717, 1.165) is 12.8 Å². The van der Waals surface area contributed by atoms with Crippen LogP contribution in [0.4, 0.5) is 0 Å². The predicted molar refractivity (Wildman–Crippen MR) is 64.9 cm³/mol. The lowest BCUT2D eigenvalue weighted by Gasteiger charge is -2.30. The molecule has 0 bridgehead atoms. The van der Waals surface area contributed by atoms with E-state index in [4.69, 9.17) is 6.42 Å². The molecule has 2 unspecified atom stereocenters. The van der Waals surface area contributed by atoms with Crippen LogP contribution in [0.1, 0.15) is 33.1 Å². The van der Waals surface area contributed by atoms with Gasteiger partial charge in [0.2, 0.25) is 0 Å². The molecule has 1 aliphatic heterocycles. The minimum atomic E-state index is -3.35. The van der Waals surface area contributed by atoms with Crippen LogP contribution >= 0.6 is 0 Å². The molecule has 1 N–H and O–H groups in total. The van der Waals surface area contributed by atoms with Gasteiger partial charge in [0.1, 0.15) is 0 Å². The van der Waals surface area contributed by atoms with Crippen LogP contribution in [0.15, 0.2) is 0 Å². The largest absolute Gasteiger partial charge is 0.279 e. The van der Waals surface area contributed by atoms with Crippen molar-refractivity contribution in [1.29, 1.82) is 0 Å². The van der Waals surface area contributed by atoms with Crippen molar-refractivity contribution in [3.8, 4) is 12.3 Å². The third kappa shape index (κ3) is 3.78. The van der Waals surface area contributed by atoms with Crippen LogP contribution in [0.3, 0.4) is 0 Å². The fourth-order valence-corrected chi connectivity index (χ4v) is 3.47. The Kier molecular flexibility index (Phi) is 4.78. The molecule has 1 aliphatic rings. The van der Waals surface area contributed by atoms with Gasteiger partial charge in [0.25, 0.3) is 10.2 Å². The molecule has 92 valence electrons. The van der Waals surface area contributed by atoms with Crippen LogP contribution in [0.2, 0.25) is 0 Å². The minimum absolute atomic E-state index is 0.202. The highest BCUT2D eigenvalue weighted by Gasteiger charge is 2.27. The third-order valence-corrected chi connectivity index (χ3v) is 4.45. The molecule has 4 nitrogen and oxygen atoms in total. The predicted octanol–water partition coefficient (Wildman–Crippen LogP) is 0.964. The maximum atomic E-state index is 12.0. The van der Waals surface area contributed by atoms with Crippen molar-refractivity contribution in [2.24, 2.45) is 5.92 Å². The molecule has 5 heteroatoms. The summed E-state index contributed by atoms with van der Waals surface area (Å²) in [5, 5.41) is 0. The van der Waals surface area contributed by atoms with E-state index in [0.29, 0.717) is 25.4 Å². The molecule has 1 saturated heterocycles. The first kappa shape index (κ1) is 13.5. The number of hydrogen-bond acceptors (Lipinski definition) is 2. The summed E-state index contributed by atoms with van der Waals surface area (Å²) < 4.78 is 28.1. The van der Waals surface area contributed by atoms with E-state index in [1.54, 1.807) is 6.92 Å². The molecule has 0 spiro atoms. The highest BCUT2D eigenvalue weighted by atomic mass is 32.2. The fraction of sp³-hybridized carbons (Fsp3) is 0.818. The second-order valence-corrected chi connectivity index (χ2v) is 6.24. The monoisotopic (exact) mass is 244 g/mol. The molecule has 0 radical (unpaired) electrons. The second kappa shape index (κ2) is 5.67. The van der Waals surface area contributed by atoms with Gasteiger partial charge in [-0.3, -0.25) is 0 Å². The summed E-state index contributed by atoms with van der Waals surface area (Å²) in [7, 11) is -3.35. The van der Waals surface area contributed by atoms with E-state index in [1.807, 2.05) is 0 Å². The molecule has 0 aromatic carbocycles. The average molecular weight is 244 g/mol. The standard InChI is InChI=1S/C11H20N2O2S/c1-4-6-11(3)12-16(14,15)13-8-5-7-10(2)9-13/h1,10-12H,5-9H2,2-3H3. The number of rotatable bonds is 4. The second-order valence-electron chi connectivity index (χ2n) is 4.54. The fourth-order valence-electron chi connectivity index (χ4n) is 1.91. The Hall–Kier alpha value is -0.570. The lowest BCUT2D eigenvalue weighted by molar-refractivity contribution is 0.277. The summed E-state index contributed by atoms with van der Waals surface area (Å²) in [6, 6.07) is -0.202. The molecular weight excluding hydrogens is 224 g/mol. The first-order valence-corrected chi connectivity index (χ1v) is 7.10. The number of nitrogens with one attached hydrogen (secondary N) is 1. The Morgan fingerprint density at radius 1 is 1.62 bits per heavy atom. The molecule has 0 amide bonds. The van der Waals surface area contributed by atoms with Crippen LogP contribution in [0, 0.1) is 18.3 Å². The number of piperidine rings is 1. The van der Waals surface area contributed by atoms with Gasteiger partial charge in [-0.05, 0) is 25.7 Å². The van der Waals surface area contributed by atoms with E-state index in [1.165, 1.54) is 4.31 Å². The number of nitrogens with zero attached hydrogens (tertiary/aromatic N) is 1. The zero-order chi connectivity index (χ0) is 12.2.